The predicted molar refractivity (Wildman–Crippen MR) is 87.3 cm³/mol. The molecule has 1 fully saturated rings. The quantitative estimate of drug-likeness (QED) is 0.831. The van der Waals surface area contributed by atoms with Crippen LogP contribution in [0.2, 0.25) is 0 Å². The summed E-state index contributed by atoms with van der Waals surface area (Å²) in [5.41, 5.74) is 0. The van der Waals surface area contributed by atoms with Gasteiger partial charge in [0.25, 0.3) is 5.91 Å². The number of aromatic nitrogens is 2. The highest BCUT2D eigenvalue weighted by molar-refractivity contribution is 7.97. The third kappa shape index (κ3) is 3.29. The van der Waals surface area contributed by atoms with Crippen molar-refractivity contribution in [1.29, 1.82) is 0 Å². The molecule has 124 valence electrons. The van der Waals surface area contributed by atoms with Crippen molar-refractivity contribution in [2.75, 3.05) is 12.8 Å². The molecular weight excluding hydrogens is 314 g/mol. The van der Waals surface area contributed by atoms with E-state index in [1.165, 1.54) is 0 Å². The van der Waals surface area contributed by atoms with Gasteiger partial charge in [0.2, 0.25) is 5.89 Å². The number of rotatable bonds is 5. The van der Waals surface area contributed by atoms with Gasteiger partial charge in [-0.25, -0.2) is 0 Å². The Morgan fingerprint density at radius 1 is 1.48 bits per heavy atom. The molecule has 0 bridgehead atoms. The molecule has 1 unspecified atom stereocenters. The zero-order chi connectivity index (χ0) is 16.4. The van der Waals surface area contributed by atoms with E-state index in [2.05, 4.69) is 10.1 Å². The van der Waals surface area contributed by atoms with Gasteiger partial charge >= 0.3 is 0 Å². The van der Waals surface area contributed by atoms with Crippen LogP contribution in [0.25, 0.3) is 0 Å². The van der Waals surface area contributed by atoms with Crippen molar-refractivity contribution in [3.05, 3.63) is 35.4 Å². The fraction of sp³-hybridized carbons (Fsp3) is 0.562. The predicted octanol–water partition coefficient (Wildman–Crippen LogP) is 3.63. The van der Waals surface area contributed by atoms with Crippen molar-refractivity contribution in [2.24, 2.45) is 0 Å². The second-order valence-corrected chi connectivity index (χ2v) is 6.87. The first kappa shape index (κ1) is 16.1. The first-order valence-electron chi connectivity index (χ1n) is 7.82. The van der Waals surface area contributed by atoms with E-state index < -0.39 is 0 Å². The summed E-state index contributed by atoms with van der Waals surface area (Å²) in [6, 6.07) is 3.45. The molecule has 0 radical (unpaired) electrons. The normalized spacial score (nSPS) is 18.1. The second kappa shape index (κ2) is 6.78. The fourth-order valence-electron chi connectivity index (χ4n) is 2.74. The molecule has 0 saturated carbocycles. The molecule has 1 atom stereocenters. The van der Waals surface area contributed by atoms with Gasteiger partial charge in [-0.3, -0.25) is 4.79 Å². The molecule has 1 amide bonds. The van der Waals surface area contributed by atoms with Crippen LogP contribution in [0.15, 0.2) is 21.1 Å². The molecule has 7 heteroatoms. The molecule has 2 aromatic heterocycles. The third-order valence-electron chi connectivity index (χ3n) is 3.93. The van der Waals surface area contributed by atoms with Crippen LogP contribution < -0.4 is 0 Å². The molecule has 6 nitrogen and oxygen atoms in total. The number of hydrogen-bond donors (Lipinski definition) is 0. The Hall–Kier alpha value is -1.76. The number of carbonyl (C=O) groups is 1. The molecule has 0 spiro atoms. The van der Waals surface area contributed by atoms with Crippen LogP contribution in [0.4, 0.5) is 0 Å². The van der Waals surface area contributed by atoms with Crippen molar-refractivity contribution in [3.63, 3.8) is 0 Å². The molecule has 0 aromatic carbocycles. The maximum atomic E-state index is 12.7. The van der Waals surface area contributed by atoms with Gasteiger partial charge in [-0.15, -0.1) is 0 Å². The Kier molecular flexibility index (Phi) is 4.75. The van der Waals surface area contributed by atoms with Crippen molar-refractivity contribution in [2.45, 2.75) is 44.4 Å². The van der Waals surface area contributed by atoms with E-state index >= 15 is 0 Å². The number of amides is 1. The largest absolute Gasteiger partial charge is 0.455 e. The van der Waals surface area contributed by atoms with Crippen LogP contribution in [0.1, 0.15) is 66.7 Å². The van der Waals surface area contributed by atoms with E-state index in [1.54, 1.807) is 22.7 Å². The van der Waals surface area contributed by atoms with E-state index in [0.29, 0.717) is 24.0 Å². The van der Waals surface area contributed by atoms with Gasteiger partial charge in [-0.05, 0) is 31.2 Å². The van der Waals surface area contributed by atoms with Gasteiger partial charge in [0, 0.05) is 12.5 Å². The summed E-state index contributed by atoms with van der Waals surface area (Å²) in [6.07, 6.45) is 3.76. The monoisotopic (exact) mass is 335 g/mol. The molecule has 1 aliphatic heterocycles. The molecule has 3 heterocycles. The molecule has 2 aromatic rings. The SMILES string of the molecule is CSCc1ccc(C(=O)N2CCCC2c2nc(C(C)C)no2)o1. The van der Waals surface area contributed by atoms with Crippen molar-refractivity contribution in [3.8, 4) is 0 Å². The Morgan fingerprint density at radius 2 is 2.30 bits per heavy atom. The van der Waals surface area contributed by atoms with E-state index in [9.17, 15) is 4.79 Å². The number of carbonyl (C=O) groups excluding carboxylic acids is 1. The van der Waals surface area contributed by atoms with Crippen molar-refractivity contribution < 1.29 is 13.7 Å². The molecule has 1 aliphatic rings. The van der Waals surface area contributed by atoms with Gasteiger partial charge in [0.15, 0.2) is 11.6 Å². The highest BCUT2D eigenvalue weighted by Gasteiger charge is 2.35. The number of likely N-dealkylation sites (tertiary alicyclic amines) is 1. The van der Waals surface area contributed by atoms with Crippen LogP contribution in [-0.2, 0) is 5.75 Å². The molecule has 1 saturated heterocycles. The lowest BCUT2D eigenvalue weighted by Gasteiger charge is -2.20. The van der Waals surface area contributed by atoms with Crippen LogP contribution in [-0.4, -0.2) is 33.7 Å². The standard InChI is InChI=1S/C16H21N3O3S/c1-10(2)14-17-15(22-18-14)12-5-4-8-19(12)16(20)13-7-6-11(21-13)9-23-3/h6-7,10,12H,4-5,8-9H2,1-3H3. The summed E-state index contributed by atoms with van der Waals surface area (Å²) in [5.74, 6) is 3.26. The van der Waals surface area contributed by atoms with Crippen LogP contribution in [0, 0.1) is 0 Å². The number of furan rings is 1. The minimum Gasteiger partial charge on any atom is -0.455 e. The zero-order valence-corrected chi connectivity index (χ0v) is 14.4. The fourth-order valence-corrected chi connectivity index (χ4v) is 3.18. The zero-order valence-electron chi connectivity index (χ0n) is 13.6. The maximum absolute atomic E-state index is 12.7. The average molecular weight is 335 g/mol. The van der Waals surface area contributed by atoms with Crippen LogP contribution >= 0.6 is 11.8 Å². The maximum Gasteiger partial charge on any atom is 0.290 e. The number of hydrogen-bond acceptors (Lipinski definition) is 6. The lowest BCUT2D eigenvalue weighted by Crippen LogP contribution is -2.30. The number of nitrogens with zero attached hydrogens (tertiary/aromatic N) is 3. The Morgan fingerprint density at radius 3 is 3.00 bits per heavy atom. The average Bonchev–Trinajstić information content (AvgIpc) is 3.26. The van der Waals surface area contributed by atoms with E-state index in [0.717, 1.165) is 24.4 Å². The summed E-state index contributed by atoms with van der Waals surface area (Å²) in [7, 11) is 0. The lowest BCUT2D eigenvalue weighted by atomic mass is 10.2. The first-order valence-corrected chi connectivity index (χ1v) is 9.21. The summed E-state index contributed by atoms with van der Waals surface area (Å²) in [6.45, 7) is 4.71. The topological polar surface area (TPSA) is 72.4 Å². The second-order valence-electron chi connectivity index (χ2n) is 6.00. The van der Waals surface area contributed by atoms with Gasteiger partial charge in [0.05, 0.1) is 5.75 Å². The third-order valence-corrected chi connectivity index (χ3v) is 4.50. The van der Waals surface area contributed by atoms with E-state index in [1.807, 2.05) is 26.2 Å². The van der Waals surface area contributed by atoms with E-state index in [-0.39, 0.29) is 17.9 Å². The Balaban J connectivity index is 1.78. The summed E-state index contributed by atoms with van der Waals surface area (Å²) in [5, 5.41) is 4.00. The van der Waals surface area contributed by atoms with Crippen molar-refractivity contribution >= 4 is 17.7 Å². The van der Waals surface area contributed by atoms with Gasteiger partial charge in [0.1, 0.15) is 11.8 Å². The molecular formula is C16H21N3O3S. The van der Waals surface area contributed by atoms with Crippen LogP contribution in [0.3, 0.4) is 0 Å². The lowest BCUT2D eigenvalue weighted by molar-refractivity contribution is 0.0676. The van der Waals surface area contributed by atoms with Gasteiger partial charge < -0.3 is 13.8 Å². The summed E-state index contributed by atoms with van der Waals surface area (Å²) >= 11 is 1.66. The van der Waals surface area contributed by atoms with Crippen molar-refractivity contribution in [1.82, 2.24) is 15.0 Å². The van der Waals surface area contributed by atoms with Gasteiger partial charge in [-0.2, -0.15) is 16.7 Å². The first-order chi connectivity index (χ1) is 11.1. The van der Waals surface area contributed by atoms with Gasteiger partial charge in [-0.1, -0.05) is 19.0 Å². The minimum atomic E-state index is -0.156. The molecule has 3 rings (SSSR count). The Labute approximate surface area is 139 Å². The van der Waals surface area contributed by atoms with Crippen LogP contribution in [0.5, 0.6) is 0 Å². The minimum absolute atomic E-state index is 0.107. The molecule has 0 N–H and O–H groups in total. The van der Waals surface area contributed by atoms with E-state index in [4.69, 9.17) is 8.94 Å². The Bertz CT molecular complexity index is 680. The number of thioether (sulfide) groups is 1. The smallest absolute Gasteiger partial charge is 0.290 e. The highest BCUT2D eigenvalue weighted by atomic mass is 32.2. The summed E-state index contributed by atoms with van der Waals surface area (Å²) in [4.78, 5) is 18.9. The highest BCUT2D eigenvalue weighted by Crippen LogP contribution is 2.33. The molecule has 0 aliphatic carbocycles. The summed E-state index contributed by atoms with van der Waals surface area (Å²) < 4.78 is 11.0. The molecule has 23 heavy (non-hydrogen) atoms.